The number of hydrogen-bond donors (Lipinski definition) is 0. The van der Waals surface area contributed by atoms with E-state index < -0.39 is 26.6 Å². The van der Waals surface area contributed by atoms with Crippen LogP contribution in [0.15, 0.2) is 0 Å². The third-order valence-electron chi connectivity index (χ3n) is 4.19. The standard InChI is InChI=1S/C12H25BClFO3Si/c1-12(2,3)19(4,5)17-6-8-10(16-7-14)9(15)11(13)18-8/h8-11H,6-7,13H2,1-5H3/t8-,9?,10?,11-/m1/s1. The highest BCUT2D eigenvalue weighted by Crippen LogP contribution is 2.37. The van der Waals surface area contributed by atoms with Crippen LogP contribution in [0.4, 0.5) is 4.39 Å². The molecule has 1 aliphatic heterocycles. The lowest BCUT2D eigenvalue weighted by Crippen LogP contribution is -2.44. The highest BCUT2D eigenvalue weighted by Gasteiger charge is 2.45. The van der Waals surface area contributed by atoms with Gasteiger partial charge < -0.3 is 13.9 Å². The highest BCUT2D eigenvalue weighted by atomic mass is 35.5. The summed E-state index contributed by atoms with van der Waals surface area (Å²) in [6.07, 6.45) is -2.15. The van der Waals surface area contributed by atoms with Crippen molar-refractivity contribution >= 4 is 27.8 Å². The summed E-state index contributed by atoms with van der Waals surface area (Å²) in [5.41, 5.74) is 0. The minimum atomic E-state index is -1.86. The maximum Gasteiger partial charge on any atom is 0.192 e. The molecule has 19 heavy (non-hydrogen) atoms. The second kappa shape index (κ2) is 6.43. The molecule has 2 unspecified atom stereocenters. The minimum Gasteiger partial charge on any atom is -0.414 e. The van der Waals surface area contributed by atoms with Crippen LogP contribution in [0.2, 0.25) is 18.1 Å². The molecule has 7 heteroatoms. The molecule has 0 aromatic heterocycles. The first-order valence-electron chi connectivity index (χ1n) is 6.71. The van der Waals surface area contributed by atoms with Gasteiger partial charge in [0.05, 0.1) is 12.6 Å². The van der Waals surface area contributed by atoms with E-state index in [0.29, 0.717) is 6.61 Å². The number of ether oxygens (including phenoxy) is 2. The summed E-state index contributed by atoms with van der Waals surface area (Å²) in [4.78, 5) is 0. The molecule has 1 heterocycles. The van der Waals surface area contributed by atoms with Crippen molar-refractivity contribution in [3.63, 3.8) is 0 Å². The summed E-state index contributed by atoms with van der Waals surface area (Å²) in [5, 5.41) is 0.120. The average Bonchev–Trinajstić information content (AvgIpc) is 2.53. The minimum absolute atomic E-state index is 0.0300. The van der Waals surface area contributed by atoms with Crippen molar-refractivity contribution in [1.29, 1.82) is 0 Å². The van der Waals surface area contributed by atoms with Gasteiger partial charge in [-0.05, 0) is 18.1 Å². The molecule has 1 fully saturated rings. The van der Waals surface area contributed by atoms with Gasteiger partial charge in [-0.2, -0.15) is 0 Å². The van der Waals surface area contributed by atoms with E-state index in [1.165, 1.54) is 0 Å². The molecule has 0 radical (unpaired) electrons. The van der Waals surface area contributed by atoms with Crippen LogP contribution in [0.1, 0.15) is 20.8 Å². The van der Waals surface area contributed by atoms with E-state index in [4.69, 9.17) is 25.5 Å². The second-order valence-electron chi connectivity index (χ2n) is 6.64. The Labute approximate surface area is 122 Å². The van der Waals surface area contributed by atoms with Gasteiger partial charge in [0.2, 0.25) is 0 Å². The zero-order chi connectivity index (χ0) is 14.8. The van der Waals surface area contributed by atoms with Crippen molar-refractivity contribution in [2.75, 3.05) is 12.7 Å². The van der Waals surface area contributed by atoms with Gasteiger partial charge >= 0.3 is 0 Å². The first kappa shape index (κ1) is 17.4. The summed E-state index contributed by atoms with van der Waals surface area (Å²) in [5.74, 6) is 0. The number of alkyl halides is 2. The summed E-state index contributed by atoms with van der Waals surface area (Å²) in [7, 11) is -0.150. The molecule has 0 bridgehead atoms. The third-order valence-corrected chi connectivity index (χ3v) is 8.81. The Bertz CT molecular complexity index is 301. The van der Waals surface area contributed by atoms with Crippen LogP contribution in [0.5, 0.6) is 0 Å². The van der Waals surface area contributed by atoms with Crippen LogP contribution in [0, 0.1) is 0 Å². The molecule has 1 saturated heterocycles. The molecule has 4 atom stereocenters. The lowest BCUT2D eigenvalue weighted by Gasteiger charge is -2.37. The quantitative estimate of drug-likeness (QED) is 0.576. The molecule has 0 aromatic carbocycles. The van der Waals surface area contributed by atoms with Crippen LogP contribution >= 0.6 is 11.6 Å². The Morgan fingerprint density at radius 1 is 1.37 bits per heavy atom. The average molecular weight is 311 g/mol. The molecule has 0 aliphatic carbocycles. The number of hydrogen-bond acceptors (Lipinski definition) is 3. The topological polar surface area (TPSA) is 27.7 Å². The maximum absolute atomic E-state index is 13.9. The van der Waals surface area contributed by atoms with E-state index in [-0.39, 0.29) is 17.2 Å². The Morgan fingerprint density at radius 3 is 2.42 bits per heavy atom. The van der Waals surface area contributed by atoms with Crippen molar-refractivity contribution in [2.45, 2.75) is 63.3 Å². The maximum atomic E-state index is 13.9. The smallest absolute Gasteiger partial charge is 0.192 e. The lowest BCUT2D eigenvalue weighted by atomic mass is 9.94. The van der Waals surface area contributed by atoms with Crippen LogP contribution in [-0.4, -0.2) is 53.2 Å². The molecule has 1 rings (SSSR count). The third kappa shape index (κ3) is 4.17. The zero-order valence-corrected chi connectivity index (χ0v) is 14.5. The number of halogens is 2. The van der Waals surface area contributed by atoms with Crippen molar-refractivity contribution in [3.8, 4) is 0 Å². The van der Waals surface area contributed by atoms with Gasteiger partial charge in [-0.3, -0.25) is 0 Å². The molecular formula is C12H25BClFO3Si. The SMILES string of the molecule is B[C@@H]1O[C@H](CO[Si](C)(C)C(C)(C)C)C(OCCl)C1F. The van der Waals surface area contributed by atoms with Gasteiger partial charge in [0.15, 0.2) is 8.32 Å². The summed E-state index contributed by atoms with van der Waals surface area (Å²) >= 11 is 5.55. The van der Waals surface area contributed by atoms with Gasteiger partial charge in [-0.1, -0.05) is 32.4 Å². The molecule has 0 spiro atoms. The Kier molecular flexibility index (Phi) is 5.90. The van der Waals surface area contributed by atoms with Gasteiger partial charge in [-0.15, -0.1) is 0 Å². The summed E-state index contributed by atoms with van der Waals surface area (Å²) in [6.45, 7) is 11.2. The second-order valence-corrected chi connectivity index (χ2v) is 11.7. The van der Waals surface area contributed by atoms with E-state index in [1.807, 2.05) is 0 Å². The summed E-state index contributed by atoms with van der Waals surface area (Å²) < 4.78 is 30.8. The Morgan fingerprint density at radius 2 is 1.95 bits per heavy atom. The normalized spacial score (nSPS) is 32.8. The largest absolute Gasteiger partial charge is 0.414 e. The number of rotatable bonds is 5. The fourth-order valence-electron chi connectivity index (χ4n) is 1.81. The lowest BCUT2D eigenvalue weighted by molar-refractivity contribution is -0.0280. The van der Waals surface area contributed by atoms with Crippen LogP contribution in [-0.2, 0) is 13.9 Å². The Hall–Kier alpha value is 0.382. The highest BCUT2D eigenvalue weighted by molar-refractivity contribution is 6.74. The van der Waals surface area contributed by atoms with Gasteiger partial charge in [0.1, 0.15) is 32.3 Å². The van der Waals surface area contributed by atoms with Crippen LogP contribution in [0.3, 0.4) is 0 Å². The van der Waals surface area contributed by atoms with Gasteiger partial charge in [-0.25, -0.2) is 4.39 Å². The van der Waals surface area contributed by atoms with Crippen LogP contribution in [0.25, 0.3) is 0 Å². The predicted octanol–water partition coefficient (Wildman–Crippen LogP) is 2.29. The summed E-state index contributed by atoms with van der Waals surface area (Å²) in [6, 6.07) is -0.501. The fraction of sp³-hybridized carbons (Fsp3) is 1.00. The first-order valence-corrected chi connectivity index (χ1v) is 10.2. The van der Waals surface area contributed by atoms with E-state index in [0.717, 1.165) is 0 Å². The van der Waals surface area contributed by atoms with Crippen molar-refractivity contribution < 1.29 is 18.3 Å². The van der Waals surface area contributed by atoms with Gasteiger partial charge in [0, 0.05) is 0 Å². The molecule has 112 valence electrons. The molecule has 0 amide bonds. The fourth-order valence-corrected chi connectivity index (χ4v) is 2.97. The molecule has 0 saturated carbocycles. The molecular weight excluding hydrogens is 285 g/mol. The van der Waals surface area contributed by atoms with Gasteiger partial charge in [0.25, 0.3) is 0 Å². The molecule has 3 nitrogen and oxygen atoms in total. The van der Waals surface area contributed by atoms with E-state index in [2.05, 4.69) is 33.9 Å². The van der Waals surface area contributed by atoms with Crippen LogP contribution < -0.4 is 0 Å². The zero-order valence-electron chi connectivity index (χ0n) is 12.7. The molecule has 1 aliphatic rings. The monoisotopic (exact) mass is 310 g/mol. The van der Waals surface area contributed by atoms with E-state index in [9.17, 15) is 4.39 Å². The molecule has 0 N–H and O–H groups in total. The predicted molar refractivity (Wildman–Crippen MR) is 80.8 cm³/mol. The first-order chi connectivity index (χ1) is 8.60. The van der Waals surface area contributed by atoms with Crippen molar-refractivity contribution in [1.82, 2.24) is 0 Å². The van der Waals surface area contributed by atoms with Crippen molar-refractivity contribution in [3.05, 3.63) is 0 Å². The Balaban J connectivity index is 2.61. The van der Waals surface area contributed by atoms with E-state index in [1.54, 1.807) is 7.85 Å². The molecule has 0 aromatic rings. The van der Waals surface area contributed by atoms with E-state index >= 15 is 0 Å². The van der Waals surface area contributed by atoms with Crippen molar-refractivity contribution in [2.24, 2.45) is 0 Å².